The van der Waals surface area contributed by atoms with Crippen LogP contribution < -0.4 is 5.32 Å². The van der Waals surface area contributed by atoms with Crippen LogP contribution in [0, 0.1) is 12.8 Å². The summed E-state index contributed by atoms with van der Waals surface area (Å²) < 4.78 is 0. The van der Waals surface area contributed by atoms with Crippen LogP contribution in [0.4, 0.5) is 0 Å². The molecule has 1 aliphatic carbocycles. The van der Waals surface area contributed by atoms with Gasteiger partial charge in [0.05, 0.1) is 11.0 Å². The molecule has 94 valence electrons. The van der Waals surface area contributed by atoms with Crippen LogP contribution in [0.25, 0.3) is 0 Å². The molecule has 0 bridgehead atoms. The largest absolute Gasteiger partial charge is 0.393 e. The summed E-state index contributed by atoms with van der Waals surface area (Å²) in [7, 11) is 0. The zero-order chi connectivity index (χ0) is 12.3. The van der Waals surface area contributed by atoms with Crippen molar-refractivity contribution in [2.45, 2.75) is 38.7 Å². The third-order valence-corrected chi connectivity index (χ3v) is 4.48. The summed E-state index contributed by atoms with van der Waals surface area (Å²) in [5.41, 5.74) is 1.02. The van der Waals surface area contributed by atoms with Crippen LogP contribution in [-0.4, -0.2) is 23.7 Å². The van der Waals surface area contributed by atoms with E-state index in [1.54, 1.807) is 0 Å². The van der Waals surface area contributed by atoms with Crippen molar-refractivity contribution in [3.05, 3.63) is 21.9 Å². The van der Waals surface area contributed by atoms with Crippen LogP contribution >= 0.6 is 11.3 Å². The van der Waals surface area contributed by atoms with Crippen LogP contribution in [-0.2, 0) is 0 Å². The van der Waals surface area contributed by atoms with Gasteiger partial charge in [0.25, 0.3) is 5.91 Å². The van der Waals surface area contributed by atoms with E-state index >= 15 is 0 Å². The van der Waals surface area contributed by atoms with Gasteiger partial charge in [0.1, 0.15) is 0 Å². The maximum atomic E-state index is 11.9. The average molecular weight is 253 g/mol. The molecule has 1 amide bonds. The van der Waals surface area contributed by atoms with Gasteiger partial charge in [-0.15, -0.1) is 11.3 Å². The molecule has 1 heterocycles. The number of hydrogen-bond acceptors (Lipinski definition) is 3. The lowest BCUT2D eigenvalue weighted by Crippen LogP contribution is -2.36. The monoisotopic (exact) mass is 253 g/mol. The number of nitrogens with one attached hydrogen (secondary N) is 1. The first-order valence-electron chi connectivity index (χ1n) is 6.19. The predicted molar refractivity (Wildman–Crippen MR) is 69.4 cm³/mol. The Bertz CT molecular complexity index is 389. The molecule has 4 heteroatoms. The Kier molecular flexibility index (Phi) is 4.18. The van der Waals surface area contributed by atoms with E-state index in [0.717, 1.165) is 36.1 Å². The van der Waals surface area contributed by atoms with Crippen LogP contribution in [0.3, 0.4) is 0 Å². The molecule has 1 aliphatic rings. The van der Waals surface area contributed by atoms with Gasteiger partial charge in [-0.3, -0.25) is 4.79 Å². The molecule has 2 atom stereocenters. The second-order valence-electron chi connectivity index (χ2n) is 4.75. The van der Waals surface area contributed by atoms with Gasteiger partial charge in [0.15, 0.2) is 0 Å². The lowest BCUT2D eigenvalue weighted by atomic mass is 9.86. The number of aryl methyl sites for hydroxylation is 1. The number of hydrogen-bond donors (Lipinski definition) is 2. The summed E-state index contributed by atoms with van der Waals surface area (Å²) in [6, 6.07) is 1.95. The Morgan fingerprint density at radius 1 is 1.53 bits per heavy atom. The molecule has 2 N–H and O–H groups in total. The van der Waals surface area contributed by atoms with E-state index in [-0.39, 0.29) is 17.9 Å². The molecule has 0 aliphatic heterocycles. The Labute approximate surface area is 106 Å². The summed E-state index contributed by atoms with van der Waals surface area (Å²) in [4.78, 5) is 12.7. The van der Waals surface area contributed by atoms with E-state index in [9.17, 15) is 9.90 Å². The van der Waals surface area contributed by atoms with E-state index in [4.69, 9.17) is 0 Å². The van der Waals surface area contributed by atoms with Gasteiger partial charge in [-0.25, -0.2) is 0 Å². The normalized spacial score (nSPS) is 24.6. The molecular formula is C13H19NO2S. The van der Waals surface area contributed by atoms with Crippen molar-refractivity contribution < 1.29 is 9.90 Å². The number of rotatable bonds is 3. The quantitative estimate of drug-likeness (QED) is 0.868. The van der Waals surface area contributed by atoms with Gasteiger partial charge in [-0.05, 0) is 36.8 Å². The van der Waals surface area contributed by atoms with E-state index in [2.05, 4.69) is 5.32 Å². The van der Waals surface area contributed by atoms with Crippen LogP contribution in [0.1, 0.15) is 40.9 Å². The summed E-state index contributed by atoms with van der Waals surface area (Å²) in [5, 5.41) is 14.7. The van der Waals surface area contributed by atoms with Crippen molar-refractivity contribution in [2.75, 3.05) is 6.54 Å². The van der Waals surface area contributed by atoms with Crippen molar-refractivity contribution in [3.63, 3.8) is 0 Å². The lowest BCUT2D eigenvalue weighted by Gasteiger charge is -2.27. The predicted octanol–water partition coefficient (Wildman–Crippen LogP) is 2.34. The van der Waals surface area contributed by atoms with Gasteiger partial charge in [0.2, 0.25) is 0 Å². The fraction of sp³-hybridized carbons (Fsp3) is 0.615. The zero-order valence-electron chi connectivity index (χ0n) is 10.1. The molecule has 0 saturated heterocycles. The van der Waals surface area contributed by atoms with Gasteiger partial charge < -0.3 is 10.4 Å². The first kappa shape index (κ1) is 12.6. The third kappa shape index (κ3) is 3.07. The van der Waals surface area contributed by atoms with Crippen molar-refractivity contribution in [3.8, 4) is 0 Å². The Morgan fingerprint density at radius 3 is 2.94 bits per heavy atom. The third-order valence-electron chi connectivity index (χ3n) is 3.46. The molecule has 1 fully saturated rings. The van der Waals surface area contributed by atoms with Crippen molar-refractivity contribution in [1.29, 1.82) is 0 Å². The first-order valence-corrected chi connectivity index (χ1v) is 7.07. The number of thiophene rings is 1. The highest BCUT2D eigenvalue weighted by Gasteiger charge is 2.23. The minimum Gasteiger partial charge on any atom is -0.393 e. The first-order chi connectivity index (χ1) is 8.18. The molecule has 1 aromatic rings. The highest BCUT2D eigenvalue weighted by Crippen LogP contribution is 2.24. The molecular weight excluding hydrogens is 234 g/mol. The summed E-state index contributed by atoms with van der Waals surface area (Å²) in [6.07, 6.45) is 3.92. The summed E-state index contributed by atoms with van der Waals surface area (Å²) in [6.45, 7) is 2.54. The number of carbonyl (C=O) groups excluding carboxylic acids is 1. The smallest absolute Gasteiger partial charge is 0.261 e. The fourth-order valence-electron chi connectivity index (χ4n) is 2.34. The zero-order valence-corrected chi connectivity index (χ0v) is 10.9. The molecule has 0 aromatic carbocycles. The van der Waals surface area contributed by atoms with E-state index in [1.807, 2.05) is 18.4 Å². The molecule has 2 rings (SSSR count). The minimum atomic E-state index is -0.242. The molecule has 17 heavy (non-hydrogen) atoms. The Hall–Kier alpha value is -0.870. The minimum absolute atomic E-state index is 0.00438. The standard InChI is InChI=1S/C13H19NO2S/c1-9-6-7-17-12(9)13(16)14-8-10-4-2-3-5-11(10)15/h6-7,10-11,15H,2-5,8H2,1H3,(H,14,16). The summed E-state index contributed by atoms with van der Waals surface area (Å²) in [5.74, 6) is 0.225. The van der Waals surface area contributed by atoms with Crippen LogP contribution in [0.5, 0.6) is 0 Å². The molecule has 2 unspecified atom stereocenters. The summed E-state index contributed by atoms with van der Waals surface area (Å²) >= 11 is 1.47. The number of carbonyl (C=O) groups is 1. The SMILES string of the molecule is Cc1ccsc1C(=O)NCC1CCCCC1O. The molecule has 3 nitrogen and oxygen atoms in total. The average Bonchev–Trinajstić information content (AvgIpc) is 2.74. The number of aliphatic hydroxyl groups is 1. The van der Waals surface area contributed by atoms with E-state index in [0.29, 0.717) is 6.54 Å². The lowest BCUT2D eigenvalue weighted by molar-refractivity contribution is 0.0664. The van der Waals surface area contributed by atoms with Crippen LogP contribution in [0.2, 0.25) is 0 Å². The molecule has 1 aromatic heterocycles. The van der Waals surface area contributed by atoms with E-state index < -0.39 is 0 Å². The van der Waals surface area contributed by atoms with Crippen LogP contribution in [0.15, 0.2) is 11.4 Å². The van der Waals surface area contributed by atoms with Crippen molar-refractivity contribution >= 4 is 17.2 Å². The topological polar surface area (TPSA) is 49.3 Å². The maximum Gasteiger partial charge on any atom is 0.261 e. The van der Waals surface area contributed by atoms with Crippen molar-refractivity contribution in [1.82, 2.24) is 5.32 Å². The molecule has 0 spiro atoms. The number of aliphatic hydroxyl groups excluding tert-OH is 1. The van der Waals surface area contributed by atoms with Gasteiger partial charge in [0, 0.05) is 12.5 Å². The van der Waals surface area contributed by atoms with Gasteiger partial charge >= 0.3 is 0 Å². The highest BCUT2D eigenvalue weighted by atomic mass is 32.1. The molecule has 0 radical (unpaired) electrons. The number of amides is 1. The van der Waals surface area contributed by atoms with E-state index in [1.165, 1.54) is 11.3 Å². The Balaban J connectivity index is 1.86. The maximum absolute atomic E-state index is 11.9. The highest BCUT2D eigenvalue weighted by molar-refractivity contribution is 7.12. The second-order valence-corrected chi connectivity index (χ2v) is 5.67. The van der Waals surface area contributed by atoms with Gasteiger partial charge in [-0.2, -0.15) is 0 Å². The Morgan fingerprint density at radius 2 is 2.29 bits per heavy atom. The van der Waals surface area contributed by atoms with Gasteiger partial charge in [-0.1, -0.05) is 12.8 Å². The second kappa shape index (κ2) is 5.65. The fourth-order valence-corrected chi connectivity index (χ4v) is 3.18. The molecule has 1 saturated carbocycles. The van der Waals surface area contributed by atoms with Crippen molar-refractivity contribution in [2.24, 2.45) is 5.92 Å².